The highest BCUT2D eigenvalue weighted by molar-refractivity contribution is 5.95. The van der Waals surface area contributed by atoms with Crippen LogP contribution >= 0.6 is 0 Å². The van der Waals surface area contributed by atoms with E-state index >= 15 is 0 Å². The molecule has 0 saturated carbocycles. The van der Waals surface area contributed by atoms with Crippen molar-refractivity contribution in [2.45, 2.75) is 153 Å². The average Bonchev–Trinajstić information content (AvgIpc) is 1.65. The van der Waals surface area contributed by atoms with Gasteiger partial charge in [-0.25, -0.2) is 4.39 Å². The summed E-state index contributed by atoms with van der Waals surface area (Å²) in [5, 5.41) is 0. The lowest BCUT2D eigenvalue weighted by molar-refractivity contribution is -0.150. The Labute approximate surface area is 602 Å². The average molecular weight is 1430 g/mol. The van der Waals surface area contributed by atoms with E-state index < -0.39 is 53.1 Å². The van der Waals surface area contributed by atoms with Crippen LogP contribution in [0.15, 0.2) is 146 Å². The monoisotopic (exact) mass is 1430 g/mol. The van der Waals surface area contributed by atoms with Crippen molar-refractivity contribution in [3.8, 4) is 11.1 Å². The maximum atomic E-state index is 14.0. The smallest absolute Gasteiger partial charge is 0.416 e. The van der Waals surface area contributed by atoms with Gasteiger partial charge >= 0.3 is 18.3 Å². The van der Waals surface area contributed by atoms with Crippen molar-refractivity contribution in [2.24, 2.45) is 0 Å². The van der Waals surface area contributed by atoms with E-state index in [1.807, 2.05) is 86.6 Å². The molecule has 0 radical (unpaired) electrons. The largest absolute Gasteiger partial charge is 0.462 e. The van der Waals surface area contributed by atoms with E-state index in [1.165, 1.54) is 41.0 Å². The summed E-state index contributed by atoms with van der Waals surface area (Å²) in [4.78, 5) is 77.8. The number of halogens is 7. The summed E-state index contributed by atoms with van der Waals surface area (Å²) in [5.41, 5.74) is 2.61. The minimum atomic E-state index is -5.11. The van der Waals surface area contributed by atoms with Crippen LogP contribution in [0.25, 0.3) is 11.1 Å². The molecule has 1 spiro atoms. The van der Waals surface area contributed by atoms with Crippen molar-refractivity contribution < 1.29 is 68.9 Å². The number of likely N-dealkylation sites (N-methyl/N-ethyl adjacent to an activating group) is 2. The second kappa shape index (κ2) is 36.1. The summed E-state index contributed by atoms with van der Waals surface area (Å²) in [6, 6.07) is 41.1. The van der Waals surface area contributed by atoms with E-state index in [1.54, 1.807) is 16.8 Å². The summed E-state index contributed by atoms with van der Waals surface area (Å²) in [6.07, 6.45) is -1.58. The lowest BCUT2D eigenvalue weighted by atomic mass is 9.72. The summed E-state index contributed by atoms with van der Waals surface area (Å²) in [7, 11) is 5.50. The quantitative estimate of drug-likeness (QED) is 0.0264. The number of unbranched alkanes of at least 4 members (excludes halogenated alkanes) is 2. The zero-order valence-corrected chi connectivity index (χ0v) is 60.5. The Morgan fingerprint density at radius 1 is 0.660 bits per heavy atom. The summed E-state index contributed by atoms with van der Waals surface area (Å²) >= 11 is 0. The van der Waals surface area contributed by atoms with E-state index in [-0.39, 0.29) is 67.0 Å². The molecule has 4 amide bonds. The molecule has 0 bridgehead atoms. The number of likely N-dealkylation sites (tertiary alicyclic amines) is 2. The highest BCUT2D eigenvalue weighted by atomic mass is 19.4. The normalized spacial score (nSPS) is 17.8. The van der Waals surface area contributed by atoms with Gasteiger partial charge in [0.1, 0.15) is 30.9 Å². The molecule has 10 rings (SSSR count). The third-order valence-electron chi connectivity index (χ3n) is 20.9. The molecule has 22 heteroatoms. The number of nitrogens with zero attached hydrogens (tertiary/aromatic N) is 7. The Morgan fingerprint density at radius 2 is 1.30 bits per heavy atom. The fourth-order valence-corrected chi connectivity index (χ4v) is 14.5. The number of hydrogen-bond acceptors (Lipinski definition) is 11. The molecule has 1 aliphatic carbocycles. The number of carbonyl (C=O) groups excluding carboxylic acids is 5. The first-order chi connectivity index (χ1) is 49.2. The number of ether oxygens (including phenoxy) is 3. The number of carbonyl (C=O) groups is 5. The standard InChI is InChI=1S/C43H60N4O4.C38H40F7N3O4/c1-6-26-45(5)43(50)37-22-20-35(21-23-37)33-47(34(2)3)27-14-8-11-19-41(48)44(4)30-31-46-28-24-39(25-29-46)51-42(49)32-38-17-12-13-18-40(38)36-15-9-7-10-16-36;1-3-46(2)33(49)22-51-32-20-25-6-4-5-7-31(25)35(32)12-15-47(16-13-35)17-14-36(27-8-10-30(39)11-9-27)23-48(24-52-36)34(50)26-18-28(37(40,41)42)21-29(19-26)38(43,44)45/h7,9-10,12-13,15-18,20-23,34,39H,6,8,11,14,19,24-33H2,1-5H3;4-11,18-19,21,32H,3,12-17,20,22-24H2,1-2H3/t;32-,36-/m.0/s1. The molecule has 103 heavy (non-hydrogen) atoms. The number of esters is 1. The zero-order valence-electron chi connectivity index (χ0n) is 60.5. The highest BCUT2D eigenvalue weighted by Crippen LogP contribution is 2.49. The van der Waals surface area contributed by atoms with E-state index in [2.05, 4.69) is 77.9 Å². The first-order valence-electron chi connectivity index (χ1n) is 36.2. The van der Waals surface area contributed by atoms with Crippen LogP contribution in [-0.4, -0.2) is 189 Å². The molecule has 0 N–H and O–H groups in total. The highest BCUT2D eigenvalue weighted by Gasteiger charge is 2.50. The van der Waals surface area contributed by atoms with Gasteiger partial charge in [-0.2, -0.15) is 26.3 Å². The van der Waals surface area contributed by atoms with Gasteiger partial charge in [-0.1, -0.05) is 116 Å². The predicted octanol–water partition coefficient (Wildman–Crippen LogP) is 14.3. The Hall–Kier alpha value is -8.02. The summed E-state index contributed by atoms with van der Waals surface area (Å²) in [5.74, 6) is -1.54. The van der Waals surface area contributed by atoms with Crippen molar-refractivity contribution in [3.05, 3.63) is 201 Å². The van der Waals surface area contributed by atoms with Gasteiger partial charge in [0.15, 0.2) is 0 Å². The van der Waals surface area contributed by atoms with Gasteiger partial charge in [0.2, 0.25) is 11.8 Å². The van der Waals surface area contributed by atoms with Gasteiger partial charge in [-0.05, 0) is 180 Å². The molecule has 6 aromatic rings. The van der Waals surface area contributed by atoms with E-state index in [0.29, 0.717) is 75.7 Å². The number of piperidine rings is 2. The molecule has 0 unspecified atom stereocenters. The molecule has 2 atom stereocenters. The van der Waals surface area contributed by atoms with Gasteiger partial charge in [0, 0.05) is 103 Å². The molecular weight excluding hydrogens is 1330 g/mol. The molecule has 556 valence electrons. The van der Waals surface area contributed by atoms with E-state index in [4.69, 9.17) is 14.2 Å². The second-order valence-electron chi connectivity index (χ2n) is 28.2. The predicted molar refractivity (Wildman–Crippen MR) is 383 cm³/mol. The lowest BCUT2D eigenvalue weighted by Crippen LogP contribution is -2.49. The van der Waals surface area contributed by atoms with E-state index in [0.717, 1.165) is 118 Å². The van der Waals surface area contributed by atoms with Crippen molar-refractivity contribution in [1.29, 1.82) is 0 Å². The van der Waals surface area contributed by atoms with Crippen molar-refractivity contribution in [3.63, 3.8) is 0 Å². The first-order valence-corrected chi connectivity index (χ1v) is 36.2. The van der Waals surface area contributed by atoms with Crippen molar-refractivity contribution >= 4 is 29.6 Å². The van der Waals surface area contributed by atoms with Crippen LogP contribution < -0.4 is 0 Å². The molecule has 15 nitrogen and oxygen atoms in total. The topological polar surface area (TPSA) is 136 Å². The van der Waals surface area contributed by atoms with Crippen molar-refractivity contribution in [1.82, 2.24) is 34.3 Å². The Morgan fingerprint density at radius 3 is 1.95 bits per heavy atom. The lowest BCUT2D eigenvalue weighted by Gasteiger charge is -2.44. The second-order valence-corrected chi connectivity index (χ2v) is 28.2. The fourth-order valence-electron chi connectivity index (χ4n) is 14.5. The fraction of sp³-hybridized carbons (Fsp3) is 0.494. The van der Waals surface area contributed by atoms with Gasteiger partial charge in [0.05, 0.1) is 30.2 Å². The van der Waals surface area contributed by atoms with Crippen LogP contribution in [-0.2, 0) is 71.3 Å². The summed E-state index contributed by atoms with van der Waals surface area (Å²) in [6.45, 7) is 16.1. The number of hydrogen-bond donors (Lipinski definition) is 0. The van der Waals surface area contributed by atoms with Gasteiger partial charge in [0.25, 0.3) is 11.8 Å². The van der Waals surface area contributed by atoms with Crippen molar-refractivity contribution in [2.75, 3.05) is 106 Å². The number of rotatable bonds is 28. The minimum absolute atomic E-state index is 0.0147. The van der Waals surface area contributed by atoms with Crippen LogP contribution in [0.2, 0.25) is 0 Å². The zero-order chi connectivity index (χ0) is 74.1. The molecule has 3 heterocycles. The first kappa shape index (κ1) is 79.1. The number of alkyl halides is 6. The van der Waals surface area contributed by atoms with Crippen LogP contribution in [0.4, 0.5) is 30.7 Å². The van der Waals surface area contributed by atoms with Crippen LogP contribution in [0.1, 0.15) is 152 Å². The van der Waals surface area contributed by atoms with Gasteiger partial charge < -0.3 is 43.6 Å². The number of benzene rings is 6. The molecule has 3 saturated heterocycles. The van der Waals surface area contributed by atoms with Gasteiger partial charge in [-0.3, -0.25) is 28.9 Å². The Kier molecular flexibility index (Phi) is 27.7. The molecular formula is C81H100F7N7O8. The molecule has 0 aromatic heterocycles. The molecule has 3 aliphatic heterocycles. The third-order valence-corrected chi connectivity index (χ3v) is 20.9. The van der Waals surface area contributed by atoms with Gasteiger partial charge in [-0.15, -0.1) is 0 Å². The Balaban J connectivity index is 0.000000239. The Bertz CT molecular complexity index is 3740. The minimum Gasteiger partial charge on any atom is -0.462 e. The summed E-state index contributed by atoms with van der Waals surface area (Å²) < 4.78 is 114. The molecule has 4 aliphatic rings. The maximum Gasteiger partial charge on any atom is 0.416 e. The SMILES string of the molecule is CCCN(C)C(=O)c1ccc(CN(CCCCCC(=O)N(C)CCN2CCC(OC(=O)Cc3ccccc3-c3ccccc3)CC2)C(C)C)cc1.CCN(C)C(=O)CO[C@H]1Cc2ccccc2C12CCN(CC[C@@]1(c3ccc(F)cc3)CN(C(=O)c3cc(C(F)(F)F)cc(C(F)(F)F)c3)CO1)CC2. The number of fused-ring (bicyclic) bond motifs is 2. The maximum absolute atomic E-state index is 14.0. The van der Waals surface area contributed by atoms with Crippen LogP contribution in [0, 0.1) is 5.82 Å². The molecule has 3 fully saturated rings. The van der Waals surface area contributed by atoms with Crippen LogP contribution in [0.5, 0.6) is 0 Å². The third kappa shape index (κ3) is 21.1. The number of amides is 4. The van der Waals surface area contributed by atoms with Crippen LogP contribution in [0.3, 0.4) is 0 Å². The van der Waals surface area contributed by atoms with E-state index in [9.17, 15) is 54.7 Å². The molecule has 6 aromatic carbocycles.